The Hall–Kier alpha value is -1.55. The van der Waals surface area contributed by atoms with Gasteiger partial charge in [0.2, 0.25) is 0 Å². The minimum Gasteiger partial charge on any atom is -0.481 e. The molecule has 0 fully saturated rings. The van der Waals surface area contributed by atoms with Crippen LogP contribution in [0.1, 0.15) is 19.4 Å². The van der Waals surface area contributed by atoms with Crippen LogP contribution >= 0.6 is 0 Å². The topological polar surface area (TPSA) is 49.8 Å². The number of amides is 1. The number of hydrogen-bond acceptors (Lipinski definition) is 3. The molecule has 1 unspecified atom stereocenters. The molecule has 4 heteroatoms. The highest BCUT2D eigenvalue weighted by Gasteiger charge is 2.20. The molecule has 0 spiro atoms. The lowest BCUT2D eigenvalue weighted by atomic mass is 10.2. The minimum absolute atomic E-state index is 0.0310. The Morgan fingerprint density at radius 1 is 1.50 bits per heavy atom. The molecule has 1 aromatic carbocycles. The standard InChI is InChI=1S/C14H21NO3/c1-4-15(8-9-16)14(17)12(3)18-13-7-5-6-11(2)10-13/h5-7,10,12,16H,4,8-9H2,1-3H3. The summed E-state index contributed by atoms with van der Waals surface area (Å²) in [6.07, 6.45) is -0.543. The van der Waals surface area contributed by atoms with Gasteiger partial charge in [-0.2, -0.15) is 0 Å². The van der Waals surface area contributed by atoms with Gasteiger partial charge in [-0.05, 0) is 38.5 Å². The van der Waals surface area contributed by atoms with Crippen molar-refractivity contribution in [3.63, 3.8) is 0 Å². The van der Waals surface area contributed by atoms with Crippen LogP contribution in [0.3, 0.4) is 0 Å². The maximum atomic E-state index is 12.0. The van der Waals surface area contributed by atoms with Crippen molar-refractivity contribution in [2.24, 2.45) is 0 Å². The first-order chi connectivity index (χ1) is 8.58. The van der Waals surface area contributed by atoms with Crippen LogP contribution in [0.5, 0.6) is 5.75 Å². The zero-order chi connectivity index (χ0) is 13.5. The SMILES string of the molecule is CCN(CCO)C(=O)C(C)Oc1cccc(C)c1. The van der Waals surface area contributed by atoms with Gasteiger partial charge >= 0.3 is 0 Å². The van der Waals surface area contributed by atoms with Gasteiger partial charge in [0.05, 0.1) is 6.61 Å². The fraction of sp³-hybridized carbons (Fsp3) is 0.500. The number of carbonyl (C=O) groups is 1. The molecule has 1 rings (SSSR count). The van der Waals surface area contributed by atoms with Gasteiger partial charge in [0.15, 0.2) is 6.10 Å². The second kappa shape index (κ2) is 7.01. The van der Waals surface area contributed by atoms with Crippen molar-refractivity contribution >= 4 is 5.91 Å². The van der Waals surface area contributed by atoms with Gasteiger partial charge in [0.25, 0.3) is 5.91 Å². The van der Waals surface area contributed by atoms with Crippen molar-refractivity contribution in [2.45, 2.75) is 26.9 Å². The Balaban J connectivity index is 2.64. The second-order valence-corrected chi connectivity index (χ2v) is 4.22. The second-order valence-electron chi connectivity index (χ2n) is 4.22. The highest BCUT2D eigenvalue weighted by molar-refractivity contribution is 5.80. The molecule has 0 aliphatic carbocycles. The molecule has 1 aromatic rings. The number of aliphatic hydroxyl groups is 1. The molecule has 0 saturated carbocycles. The largest absolute Gasteiger partial charge is 0.481 e. The van der Waals surface area contributed by atoms with E-state index in [9.17, 15) is 4.79 Å². The summed E-state index contributed by atoms with van der Waals surface area (Å²) in [6.45, 7) is 6.47. The molecule has 100 valence electrons. The third kappa shape index (κ3) is 4.04. The normalized spacial score (nSPS) is 12.0. The maximum Gasteiger partial charge on any atom is 0.263 e. The van der Waals surface area contributed by atoms with E-state index in [2.05, 4.69) is 0 Å². The highest BCUT2D eigenvalue weighted by Crippen LogP contribution is 2.15. The van der Waals surface area contributed by atoms with Gasteiger partial charge < -0.3 is 14.7 Å². The van der Waals surface area contributed by atoms with Gasteiger partial charge in [0.1, 0.15) is 5.75 Å². The van der Waals surface area contributed by atoms with Crippen LogP contribution in [-0.2, 0) is 4.79 Å². The van der Waals surface area contributed by atoms with E-state index in [1.807, 2.05) is 38.1 Å². The number of hydrogen-bond donors (Lipinski definition) is 1. The first-order valence-electron chi connectivity index (χ1n) is 6.21. The average molecular weight is 251 g/mol. The molecule has 0 aliphatic heterocycles. The predicted molar refractivity (Wildman–Crippen MR) is 70.6 cm³/mol. The van der Waals surface area contributed by atoms with Crippen molar-refractivity contribution in [1.82, 2.24) is 4.90 Å². The first-order valence-corrected chi connectivity index (χ1v) is 6.21. The van der Waals surface area contributed by atoms with E-state index in [0.717, 1.165) is 5.56 Å². The summed E-state index contributed by atoms with van der Waals surface area (Å²) < 4.78 is 5.61. The third-order valence-corrected chi connectivity index (χ3v) is 2.71. The monoisotopic (exact) mass is 251 g/mol. The van der Waals surface area contributed by atoms with Gasteiger partial charge in [-0.25, -0.2) is 0 Å². The van der Waals surface area contributed by atoms with Crippen molar-refractivity contribution in [3.8, 4) is 5.75 Å². The van der Waals surface area contributed by atoms with Crippen LogP contribution in [0.15, 0.2) is 24.3 Å². The first kappa shape index (κ1) is 14.5. The van der Waals surface area contributed by atoms with Crippen molar-refractivity contribution in [3.05, 3.63) is 29.8 Å². The zero-order valence-electron chi connectivity index (χ0n) is 11.2. The van der Waals surface area contributed by atoms with E-state index >= 15 is 0 Å². The molecular formula is C14H21NO3. The number of nitrogens with zero attached hydrogens (tertiary/aromatic N) is 1. The highest BCUT2D eigenvalue weighted by atomic mass is 16.5. The number of carbonyl (C=O) groups excluding carboxylic acids is 1. The summed E-state index contributed by atoms with van der Waals surface area (Å²) in [5.41, 5.74) is 1.09. The van der Waals surface area contributed by atoms with Crippen LogP contribution in [-0.4, -0.2) is 41.7 Å². The van der Waals surface area contributed by atoms with E-state index in [4.69, 9.17) is 9.84 Å². The molecule has 1 N–H and O–H groups in total. The average Bonchev–Trinajstić information content (AvgIpc) is 2.35. The quantitative estimate of drug-likeness (QED) is 0.835. The van der Waals surface area contributed by atoms with Gasteiger partial charge in [0, 0.05) is 13.1 Å². The van der Waals surface area contributed by atoms with Crippen LogP contribution in [0.4, 0.5) is 0 Å². The third-order valence-electron chi connectivity index (χ3n) is 2.71. The van der Waals surface area contributed by atoms with Crippen molar-refractivity contribution in [2.75, 3.05) is 19.7 Å². The Morgan fingerprint density at radius 2 is 2.22 bits per heavy atom. The Morgan fingerprint density at radius 3 is 2.78 bits per heavy atom. The number of ether oxygens (including phenoxy) is 1. The van der Waals surface area contributed by atoms with Crippen LogP contribution < -0.4 is 4.74 Å². The van der Waals surface area contributed by atoms with Crippen LogP contribution in [0.25, 0.3) is 0 Å². The lowest BCUT2D eigenvalue weighted by molar-refractivity contribution is -0.138. The number of aryl methyl sites for hydroxylation is 1. The maximum absolute atomic E-state index is 12.0. The number of aliphatic hydroxyl groups excluding tert-OH is 1. The summed E-state index contributed by atoms with van der Waals surface area (Å²) in [5, 5.41) is 8.89. The smallest absolute Gasteiger partial charge is 0.263 e. The molecule has 0 aliphatic rings. The lowest BCUT2D eigenvalue weighted by Gasteiger charge is -2.24. The Bertz CT molecular complexity index is 392. The van der Waals surface area contributed by atoms with E-state index in [-0.39, 0.29) is 12.5 Å². The van der Waals surface area contributed by atoms with E-state index < -0.39 is 6.10 Å². The predicted octanol–water partition coefficient (Wildman–Crippen LogP) is 1.60. The summed E-state index contributed by atoms with van der Waals surface area (Å²) in [4.78, 5) is 13.6. The van der Waals surface area contributed by atoms with Crippen LogP contribution in [0, 0.1) is 6.92 Å². The van der Waals surface area contributed by atoms with Crippen molar-refractivity contribution in [1.29, 1.82) is 0 Å². The molecule has 4 nitrogen and oxygen atoms in total. The molecule has 0 saturated heterocycles. The molecular weight excluding hydrogens is 230 g/mol. The molecule has 0 heterocycles. The van der Waals surface area contributed by atoms with E-state index in [1.54, 1.807) is 11.8 Å². The molecule has 0 bridgehead atoms. The Labute approximate surface area is 108 Å². The van der Waals surface area contributed by atoms with E-state index in [1.165, 1.54) is 0 Å². The molecule has 1 amide bonds. The fourth-order valence-electron chi connectivity index (χ4n) is 1.75. The van der Waals surface area contributed by atoms with Gasteiger partial charge in [-0.3, -0.25) is 4.79 Å². The molecule has 0 aromatic heterocycles. The number of likely N-dealkylation sites (N-methyl/N-ethyl adjacent to an activating group) is 1. The summed E-state index contributed by atoms with van der Waals surface area (Å²) in [5.74, 6) is 0.587. The zero-order valence-corrected chi connectivity index (χ0v) is 11.2. The van der Waals surface area contributed by atoms with Gasteiger partial charge in [-0.15, -0.1) is 0 Å². The summed E-state index contributed by atoms with van der Waals surface area (Å²) in [7, 11) is 0. The summed E-state index contributed by atoms with van der Waals surface area (Å²) in [6, 6.07) is 7.60. The summed E-state index contributed by atoms with van der Waals surface area (Å²) >= 11 is 0. The molecule has 1 atom stereocenters. The number of rotatable bonds is 6. The van der Waals surface area contributed by atoms with Crippen LogP contribution in [0.2, 0.25) is 0 Å². The van der Waals surface area contributed by atoms with E-state index in [0.29, 0.717) is 18.8 Å². The molecule has 0 radical (unpaired) electrons. The minimum atomic E-state index is -0.543. The van der Waals surface area contributed by atoms with Gasteiger partial charge in [-0.1, -0.05) is 12.1 Å². The molecule has 18 heavy (non-hydrogen) atoms. The van der Waals surface area contributed by atoms with Crippen molar-refractivity contribution < 1.29 is 14.6 Å². The lowest BCUT2D eigenvalue weighted by Crippen LogP contribution is -2.41. The number of benzene rings is 1. The Kier molecular flexibility index (Phi) is 5.65. The fourth-order valence-corrected chi connectivity index (χ4v) is 1.75.